The highest BCUT2D eigenvalue weighted by atomic mass is 127. The van der Waals surface area contributed by atoms with Gasteiger partial charge in [0.1, 0.15) is 0 Å². The number of aliphatic imine (C=N–C) groups is 1. The molecule has 2 fully saturated rings. The summed E-state index contributed by atoms with van der Waals surface area (Å²) in [6.45, 7) is 10.9. The van der Waals surface area contributed by atoms with Crippen LogP contribution in [0.2, 0.25) is 0 Å². The first-order valence-electron chi connectivity index (χ1n) is 11.5. The molecule has 2 heterocycles. The van der Waals surface area contributed by atoms with Crippen molar-refractivity contribution in [3.8, 4) is 0 Å². The molecular formula is C24H40IN5O. The van der Waals surface area contributed by atoms with Gasteiger partial charge in [-0.05, 0) is 38.2 Å². The van der Waals surface area contributed by atoms with Gasteiger partial charge in [0.05, 0.1) is 6.54 Å². The number of carbonyl (C=O) groups excluding carboxylic acids is 1. The summed E-state index contributed by atoms with van der Waals surface area (Å²) in [5, 5.41) is 9.99. The molecule has 0 aliphatic carbocycles. The highest BCUT2D eigenvalue weighted by Crippen LogP contribution is 2.36. The van der Waals surface area contributed by atoms with Gasteiger partial charge in [0, 0.05) is 43.2 Å². The van der Waals surface area contributed by atoms with Crippen molar-refractivity contribution in [1.29, 1.82) is 0 Å². The number of hydrogen-bond donors (Lipinski definition) is 3. The fraction of sp³-hybridized carbons (Fsp3) is 0.667. The molecule has 0 radical (unpaired) electrons. The van der Waals surface area contributed by atoms with Gasteiger partial charge in [0.15, 0.2) is 5.96 Å². The molecule has 1 amide bonds. The summed E-state index contributed by atoms with van der Waals surface area (Å²) in [5.74, 6) is 0.932. The molecule has 2 saturated heterocycles. The van der Waals surface area contributed by atoms with E-state index in [1.807, 2.05) is 20.8 Å². The molecule has 0 saturated carbocycles. The van der Waals surface area contributed by atoms with Crippen molar-refractivity contribution in [2.24, 2.45) is 10.4 Å². The molecule has 31 heavy (non-hydrogen) atoms. The number of hydrogen-bond acceptors (Lipinski definition) is 3. The Balaban J connectivity index is 0.00000341. The first-order chi connectivity index (χ1) is 14.4. The molecule has 2 aliphatic heterocycles. The van der Waals surface area contributed by atoms with Crippen LogP contribution in [0, 0.1) is 5.41 Å². The summed E-state index contributed by atoms with van der Waals surface area (Å²) < 4.78 is 0. The van der Waals surface area contributed by atoms with E-state index < -0.39 is 0 Å². The van der Waals surface area contributed by atoms with Gasteiger partial charge in [0.25, 0.3) is 0 Å². The van der Waals surface area contributed by atoms with Gasteiger partial charge in [-0.3, -0.25) is 14.7 Å². The third kappa shape index (κ3) is 7.63. The largest absolute Gasteiger partial charge is 0.357 e. The van der Waals surface area contributed by atoms with E-state index in [-0.39, 0.29) is 35.3 Å². The predicted octanol–water partition coefficient (Wildman–Crippen LogP) is 3.52. The van der Waals surface area contributed by atoms with Crippen molar-refractivity contribution in [3.63, 3.8) is 0 Å². The van der Waals surface area contributed by atoms with Crippen LogP contribution in [0.5, 0.6) is 0 Å². The topological polar surface area (TPSA) is 68.8 Å². The second-order valence-electron chi connectivity index (χ2n) is 9.62. The molecular weight excluding hydrogens is 501 g/mol. The Morgan fingerprint density at radius 2 is 1.74 bits per heavy atom. The molecule has 0 aromatic heterocycles. The molecule has 6 nitrogen and oxygen atoms in total. The lowest BCUT2D eigenvalue weighted by Gasteiger charge is -2.39. The van der Waals surface area contributed by atoms with Crippen LogP contribution in [0.15, 0.2) is 35.3 Å². The second-order valence-corrected chi connectivity index (χ2v) is 9.62. The minimum Gasteiger partial charge on any atom is -0.357 e. The highest BCUT2D eigenvalue weighted by Gasteiger charge is 2.40. The van der Waals surface area contributed by atoms with Crippen molar-refractivity contribution < 1.29 is 4.79 Å². The van der Waals surface area contributed by atoms with E-state index in [0.29, 0.717) is 31.2 Å². The Morgan fingerprint density at radius 1 is 1.10 bits per heavy atom. The molecule has 174 valence electrons. The number of carbonyl (C=O) groups is 1. The van der Waals surface area contributed by atoms with E-state index in [2.05, 4.69) is 63.1 Å². The maximum atomic E-state index is 12.0. The monoisotopic (exact) mass is 541 g/mol. The molecule has 2 unspecified atom stereocenters. The molecule has 2 aliphatic rings. The highest BCUT2D eigenvalue weighted by molar-refractivity contribution is 14.0. The SMILES string of the molecule is CCNC(=NCCNC(=O)C(C)(C)C)NC1CC2CCC(C1)N2Cc1ccccc1.I. The van der Waals surface area contributed by atoms with E-state index in [1.54, 1.807) is 0 Å². The molecule has 2 atom stereocenters. The van der Waals surface area contributed by atoms with Gasteiger partial charge in [-0.15, -0.1) is 24.0 Å². The summed E-state index contributed by atoms with van der Waals surface area (Å²) >= 11 is 0. The number of benzene rings is 1. The van der Waals surface area contributed by atoms with E-state index in [0.717, 1.165) is 31.9 Å². The summed E-state index contributed by atoms with van der Waals surface area (Å²) in [6, 6.07) is 12.6. The average molecular weight is 542 g/mol. The fourth-order valence-electron chi connectivity index (χ4n) is 4.56. The lowest BCUT2D eigenvalue weighted by molar-refractivity contribution is -0.128. The zero-order chi connectivity index (χ0) is 21.6. The van der Waals surface area contributed by atoms with Crippen LogP contribution < -0.4 is 16.0 Å². The first-order valence-corrected chi connectivity index (χ1v) is 11.5. The quantitative estimate of drug-likeness (QED) is 0.214. The summed E-state index contributed by atoms with van der Waals surface area (Å²) in [7, 11) is 0. The molecule has 0 spiro atoms. The maximum absolute atomic E-state index is 12.0. The third-order valence-electron chi connectivity index (χ3n) is 6.13. The number of halogens is 1. The smallest absolute Gasteiger partial charge is 0.225 e. The standard InChI is InChI=1S/C24H39N5O.HI/c1-5-25-23(27-14-13-26-22(30)24(2,3)4)28-19-15-20-11-12-21(16-19)29(20)17-18-9-7-6-8-10-18;/h6-10,19-21H,5,11-17H2,1-4H3,(H,26,30)(H2,25,27,28);1H. The van der Waals surface area contributed by atoms with Gasteiger partial charge in [-0.25, -0.2) is 0 Å². The van der Waals surface area contributed by atoms with Gasteiger partial charge in [-0.1, -0.05) is 51.1 Å². The average Bonchev–Trinajstić information content (AvgIpc) is 2.93. The van der Waals surface area contributed by atoms with Crippen molar-refractivity contribution in [3.05, 3.63) is 35.9 Å². The zero-order valence-corrected chi connectivity index (χ0v) is 21.8. The second kappa shape index (κ2) is 12.0. The van der Waals surface area contributed by atoms with Crippen molar-refractivity contribution in [1.82, 2.24) is 20.9 Å². The minimum absolute atomic E-state index is 0. The van der Waals surface area contributed by atoms with Gasteiger partial charge >= 0.3 is 0 Å². The Kier molecular flexibility index (Phi) is 10.1. The van der Waals surface area contributed by atoms with Crippen LogP contribution in [-0.4, -0.2) is 54.5 Å². The van der Waals surface area contributed by atoms with Crippen LogP contribution in [0.3, 0.4) is 0 Å². The van der Waals surface area contributed by atoms with Crippen molar-refractivity contribution in [2.45, 2.75) is 78.0 Å². The van der Waals surface area contributed by atoms with Gasteiger partial charge in [0.2, 0.25) is 5.91 Å². The van der Waals surface area contributed by atoms with Crippen LogP contribution in [0.4, 0.5) is 0 Å². The Hall–Kier alpha value is -1.35. The number of fused-ring (bicyclic) bond motifs is 2. The molecule has 7 heteroatoms. The van der Waals surface area contributed by atoms with E-state index in [4.69, 9.17) is 0 Å². The Morgan fingerprint density at radius 3 is 2.32 bits per heavy atom. The number of nitrogens with one attached hydrogen (secondary N) is 3. The predicted molar refractivity (Wildman–Crippen MR) is 139 cm³/mol. The van der Waals surface area contributed by atoms with E-state index in [9.17, 15) is 4.79 Å². The molecule has 1 aromatic carbocycles. The molecule has 3 N–H and O–H groups in total. The number of amides is 1. The first kappa shape index (κ1) is 25.9. The number of piperidine rings is 1. The lowest BCUT2D eigenvalue weighted by atomic mass is 9.96. The fourth-order valence-corrected chi connectivity index (χ4v) is 4.56. The van der Waals surface area contributed by atoms with Crippen LogP contribution in [0.25, 0.3) is 0 Å². The Labute approximate surface area is 205 Å². The molecule has 3 rings (SSSR count). The Bertz CT molecular complexity index is 704. The summed E-state index contributed by atoms with van der Waals surface area (Å²) in [6.07, 6.45) is 4.91. The van der Waals surface area contributed by atoms with Gasteiger partial charge < -0.3 is 16.0 Å². The summed E-state index contributed by atoms with van der Waals surface area (Å²) in [4.78, 5) is 19.4. The normalized spacial score (nSPS) is 23.7. The van der Waals surface area contributed by atoms with E-state index in [1.165, 1.54) is 18.4 Å². The minimum atomic E-state index is -0.362. The number of nitrogens with zero attached hydrogens (tertiary/aromatic N) is 2. The van der Waals surface area contributed by atoms with Crippen molar-refractivity contribution >= 4 is 35.8 Å². The van der Waals surface area contributed by atoms with E-state index >= 15 is 0 Å². The van der Waals surface area contributed by atoms with Crippen LogP contribution in [-0.2, 0) is 11.3 Å². The number of rotatable bonds is 7. The van der Waals surface area contributed by atoms with Gasteiger partial charge in [-0.2, -0.15) is 0 Å². The lowest BCUT2D eigenvalue weighted by Crippen LogP contribution is -2.52. The molecule has 1 aromatic rings. The zero-order valence-electron chi connectivity index (χ0n) is 19.5. The number of guanidine groups is 1. The van der Waals surface area contributed by atoms with Crippen molar-refractivity contribution in [2.75, 3.05) is 19.6 Å². The summed E-state index contributed by atoms with van der Waals surface area (Å²) in [5.41, 5.74) is 1.05. The maximum Gasteiger partial charge on any atom is 0.225 e. The van der Waals surface area contributed by atoms with Crippen LogP contribution in [0.1, 0.15) is 58.9 Å². The third-order valence-corrected chi connectivity index (χ3v) is 6.13. The molecule has 2 bridgehead atoms. The van der Waals surface area contributed by atoms with Crippen LogP contribution >= 0.6 is 24.0 Å².